The van der Waals surface area contributed by atoms with E-state index in [1.165, 1.54) is 6.07 Å². The van der Waals surface area contributed by atoms with Crippen molar-refractivity contribution in [3.63, 3.8) is 0 Å². The summed E-state index contributed by atoms with van der Waals surface area (Å²) in [5.41, 5.74) is 1.46. The molecule has 2 unspecified atom stereocenters. The smallest absolute Gasteiger partial charge is 0.336 e. The molecule has 0 saturated carbocycles. The standard InChI is InChI=1S/C16H14O6/c1-19-10-7-11-14(9-3-5-20-16(9)21-11)15-13(10)8(2-4-17)6-12(18)22-15/h3,5-7,9,16-17H,2,4H2,1H3. The molecule has 4 rings (SSSR count). The Kier molecular flexibility index (Phi) is 2.87. The lowest BCUT2D eigenvalue weighted by Crippen LogP contribution is -2.14. The Morgan fingerprint density at radius 2 is 2.23 bits per heavy atom. The lowest BCUT2D eigenvalue weighted by Gasteiger charge is -2.12. The van der Waals surface area contributed by atoms with E-state index in [2.05, 4.69) is 0 Å². The maximum atomic E-state index is 11.9. The van der Waals surface area contributed by atoms with E-state index in [0.717, 1.165) is 5.56 Å². The van der Waals surface area contributed by atoms with Crippen LogP contribution in [0.1, 0.15) is 17.0 Å². The molecule has 0 saturated heterocycles. The fourth-order valence-corrected chi connectivity index (χ4v) is 3.12. The first-order valence-corrected chi connectivity index (χ1v) is 7.00. The molecule has 1 aromatic heterocycles. The molecule has 0 bridgehead atoms. The van der Waals surface area contributed by atoms with E-state index in [1.54, 1.807) is 19.4 Å². The van der Waals surface area contributed by atoms with Gasteiger partial charge < -0.3 is 23.7 Å². The Balaban J connectivity index is 2.08. The molecule has 3 heterocycles. The molecule has 0 radical (unpaired) electrons. The van der Waals surface area contributed by atoms with Crippen molar-refractivity contribution < 1.29 is 23.7 Å². The van der Waals surface area contributed by atoms with Gasteiger partial charge in [0.1, 0.15) is 17.1 Å². The fraction of sp³-hybridized carbons (Fsp3) is 0.312. The number of hydrogen-bond donors (Lipinski definition) is 1. The molecule has 0 aliphatic carbocycles. The van der Waals surface area contributed by atoms with E-state index in [1.807, 2.05) is 6.08 Å². The quantitative estimate of drug-likeness (QED) is 0.869. The van der Waals surface area contributed by atoms with Gasteiger partial charge in [-0.3, -0.25) is 0 Å². The average Bonchev–Trinajstić information content (AvgIpc) is 3.06. The second-order valence-corrected chi connectivity index (χ2v) is 5.24. The van der Waals surface area contributed by atoms with E-state index in [-0.39, 0.29) is 12.5 Å². The van der Waals surface area contributed by atoms with E-state index in [9.17, 15) is 9.90 Å². The van der Waals surface area contributed by atoms with Gasteiger partial charge >= 0.3 is 5.63 Å². The molecule has 6 nitrogen and oxygen atoms in total. The highest BCUT2D eigenvalue weighted by Gasteiger charge is 2.40. The van der Waals surface area contributed by atoms with Crippen LogP contribution >= 0.6 is 0 Å². The third kappa shape index (κ3) is 1.74. The summed E-state index contributed by atoms with van der Waals surface area (Å²) in [6.07, 6.45) is 3.38. The van der Waals surface area contributed by atoms with Crippen LogP contribution in [-0.2, 0) is 11.2 Å². The first-order chi connectivity index (χ1) is 10.7. The summed E-state index contributed by atoms with van der Waals surface area (Å²) in [6, 6.07) is 3.16. The summed E-state index contributed by atoms with van der Waals surface area (Å²) in [7, 11) is 1.54. The molecule has 2 aliphatic rings. The number of hydrogen-bond acceptors (Lipinski definition) is 6. The maximum absolute atomic E-state index is 11.9. The largest absolute Gasteiger partial charge is 0.496 e. The van der Waals surface area contributed by atoms with Gasteiger partial charge in [-0.25, -0.2) is 4.79 Å². The van der Waals surface area contributed by atoms with E-state index in [4.69, 9.17) is 18.6 Å². The molecule has 0 spiro atoms. The Hall–Kier alpha value is -2.47. The van der Waals surface area contributed by atoms with Crippen molar-refractivity contribution in [3.05, 3.63) is 46.0 Å². The van der Waals surface area contributed by atoms with Gasteiger partial charge in [-0.2, -0.15) is 0 Å². The number of aliphatic hydroxyl groups is 1. The van der Waals surface area contributed by atoms with Gasteiger partial charge in [0.15, 0.2) is 0 Å². The van der Waals surface area contributed by atoms with Crippen molar-refractivity contribution in [2.24, 2.45) is 0 Å². The number of fused-ring (bicyclic) bond motifs is 5. The predicted molar refractivity (Wildman–Crippen MR) is 77.2 cm³/mol. The van der Waals surface area contributed by atoms with Crippen LogP contribution < -0.4 is 15.1 Å². The molecule has 2 atom stereocenters. The summed E-state index contributed by atoms with van der Waals surface area (Å²) in [6.45, 7) is -0.0651. The highest BCUT2D eigenvalue weighted by Crippen LogP contribution is 2.49. The Bertz CT molecular complexity index is 835. The SMILES string of the molecule is COc1cc2c(c3oc(=O)cc(CCO)c13)C1C=COC1O2. The monoisotopic (exact) mass is 302 g/mol. The number of rotatable bonds is 3. The van der Waals surface area contributed by atoms with Crippen molar-refractivity contribution in [1.82, 2.24) is 0 Å². The van der Waals surface area contributed by atoms with Gasteiger partial charge in [0.2, 0.25) is 0 Å². The lowest BCUT2D eigenvalue weighted by atomic mass is 9.95. The van der Waals surface area contributed by atoms with Crippen molar-refractivity contribution in [3.8, 4) is 11.5 Å². The highest BCUT2D eigenvalue weighted by molar-refractivity contribution is 5.92. The van der Waals surface area contributed by atoms with Crippen LogP contribution in [0.4, 0.5) is 0 Å². The Morgan fingerprint density at radius 1 is 1.36 bits per heavy atom. The molecule has 1 N–H and O–H groups in total. The van der Waals surface area contributed by atoms with Gasteiger partial charge in [-0.1, -0.05) is 0 Å². The van der Waals surface area contributed by atoms with Gasteiger partial charge in [0.05, 0.1) is 30.2 Å². The van der Waals surface area contributed by atoms with E-state index >= 15 is 0 Å². The summed E-state index contributed by atoms with van der Waals surface area (Å²) in [5.74, 6) is 1.02. The number of methoxy groups -OCH3 is 1. The van der Waals surface area contributed by atoms with E-state index < -0.39 is 11.9 Å². The Labute approximate surface area is 125 Å². The van der Waals surface area contributed by atoms with Crippen LogP contribution in [0.5, 0.6) is 11.5 Å². The summed E-state index contributed by atoms with van der Waals surface area (Å²) in [5, 5.41) is 9.94. The second kappa shape index (κ2) is 4.78. The van der Waals surface area contributed by atoms with Crippen molar-refractivity contribution in [1.29, 1.82) is 0 Å². The zero-order valence-electron chi connectivity index (χ0n) is 11.9. The molecule has 6 heteroatoms. The van der Waals surface area contributed by atoms with Gasteiger partial charge in [-0.05, 0) is 18.1 Å². The Morgan fingerprint density at radius 3 is 3.00 bits per heavy atom. The zero-order chi connectivity index (χ0) is 15.3. The lowest BCUT2D eigenvalue weighted by molar-refractivity contribution is -0.00484. The summed E-state index contributed by atoms with van der Waals surface area (Å²) >= 11 is 0. The molecular formula is C16H14O6. The first-order valence-electron chi connectivity index (χ1n) is 7.00. The average molecular weight is 302 g/mol. The van der Waals surface area contributed by atoms with Crippen molar-refractivity contribution in [2.75, 3.05) is 13.7 Å². The minimum Gasteiger partial charge on any atom is -0.496 e. The molecule has 2 aromatic rings. The number of benzene rings is 1. The summed E-state index contributed by atoms with van der Waals surface area (Å²) in [4.78, 5) is 11.9. The van der Waals surface area contributed by atoms with Crippen LogP contribution in [0.25, 0.3) is 11.0 Å². The van der Waals surface area contributed by atoms with Gasteiger partial charge in [-0.15, -0.1) is 0 Å². The third-order valence-electron chi connectivity index (χ3n) is 4.03. The number of ether oxygens (including phenoxy) is 3. The molecule has 0 amide bonds. The highest BCUT2D eigenvalue weighted by atomic mass is 16.7. The number of aliphatic hydroxyl groups excluding tert-OH is 1. The summed E-state index contributed by atoms with van der Waals surface area (Å²) < 4.78 is 22.0. The van der Waals surface area contributed by atoms with Crippen LogP contribution in [0.2, 0.25) is 0 Å². The minimum absolute atomic E-state index is 0.0651. The van der Waals surface area contributed by atoms with Gasteiger partial charge in [0.25, 0.3) is 6.29 Å². The molecule has 1 aromatic carbocycles. The van der Waals surface area contributed by atoms with Crippen LogP contribution in [0.15, 0.2) is 33.7 Å². The van der Waals surface area contributed by atoms with Gasteiger partial charge in [0, 0.05) is 18.7 Å². The minimum atomic E-state index is -0.460. The molecule has 114 valence electrons. The third-order valence-corrected chi connectivity index (χ3v) is 4.03. The van der Waals surface area contributed by atoms with Crippen molar-refractivity contribution >= 4 is 11.0 Å². The topological polar surface area (TPSA) is 78.1 Å². The zero-order valence-corrected chi connectivity index (χ0v) is 11.9. The van der Waals surface area contributed by atoms with Crippen molar-refractivity contribution in [2.45, 2.75) is 18.6 Å². The normalized spacial score (nSPS) is 21.4. The van der Waals surface area contributed by atoms with Crippen LogP contribution in [0, 0.1) is 0 Å². The van der Waals surface area contributed by atoms with E-state index in [0.29, 0.717) is 34.5 Å². The second-order valence-electron chi connectivity index (χ2n) is 5.24. The molecule has 2 aliphatic heterocycles. The molecule has 22 heavy (non-hydrogen) atoms. The first kappa shape index (κ1) is 13.2. The van der Waals surface area contributed by atoms with Crippen LogP contribution in [-0.4, -0.2) is 25.1 Å². The maximum Gasteiger partial charge on any atom is 0.336 e. The predicted octanol–water partition coefficient (Wildman–Crippen LogP) is 1.68. The molecule has 0 fully saturated rings. The molecular weight excluding hydrogens is 288 g/mol. The van der Waals surface area contributed by atoms with Crippen LogP contribution in [0.3, 0.4) is 0 Å². The fourth-order valence-electron chi connectivity index (χ4n) is 3.12.